The molecule has 0 amide bonds. The van der Waals surface area contributed by atoms with Crippen molar-refractivity contribution in [3.63, 3.8) is 0 Å². The molecule has 0 saturated heterocycles. The lowest BCUT2D eigenvalue weighted by Gasteiger charge is -2.15. The molecule has 1 atom stereocenters. The van der Waals surface area contributed by atoms with Gasteiger partial charge in [0, 0.05) is 12.6 Å². The number of nitrogens with two attached hydrogens (primary N) is 1. The molecular formula is C12H21N3O. The molecule has 16 heavy (non-hydrogen) atoms. The minimum absolute atomic E-state index is 0.609. The van der Waals surface area contributed by atoms with Gasteiger partial charge in [0.25, 0.3) is 0 Å². The van der Waals surface area contributed by atoms with Crippen LogP contribution in [0.5, 0.6) is 5.88 Å². The zero-order valence-corrected chi connectivity index (χ0v) is 10.1. The van der Waals surface area contributed by atoms with E-state index >= 15 is 0 Å². The number of anilines is 1. The first-order valence-corrected chi connectivity index (χ1v) is 5.75. The lowest BCUT2D eigenvalue weighted by atomic mass is 10.0. The summed E-state index contributed by atoms with van der Waals surface area (Å²) in [5.41, 5.74) is 5.56. The lowest BCUT2D eigenvalue weighted by molar-refractivity contribution is 0.398. The Labute approximate surface area is 97.2 Å². The first-order chi connectivity index (χ1) is 7.80. The Morgan fingerprint density at radius 1 is 1.50 bits per heavy atom. The molecule has 0 aliphatic rings. The van der Waals surface area contributed by atoms with Crippen molar-refractivity contribution in [2.45, 2.75) is 19.8 Å². The van der Waals surface area contributed by atoms with E-state index in [4.69, 9.17) is 10.5 Å². The van der Waals surface area contributed by atoms with Crippen LogP contribution in [0.2, 0.25) is 0 Å². The molecule has 4 nitrogen and oxygen atoms in total. The van der Waals surface area contributed by atoms with Crippen molar-refractivity contribution in [2.75, 3.05) is 25.5 Å². The molecule has 1 heterocycles. The van der Waals surface area contributed by atoms with E-state index in [1.54, 1.807) is 7.11 Å². The van der Waals surface area contributed by atoms with Gasteiger partial charge in [-0.15, -0.1) is 0 Å². The zero-order chi connectivity index (χ0) is 11.8. The van der Waals surface area contributed by atoms with Crippen LogP contribution in [0.3, 0.4) is 0 Å². The number of hydrogen-bond acceptors (Lipinski definition) is 4. The second-order valence-electron chi connectivity index (χ2n) is 3.80. The lowest BCUT2D eigenvalue weighted by Crippen LogP contribution is -2.17. The van der Waals surface area contributed by atoms with Gasteiger partial charge in [0.1, 0.15) is 5.82 Å². The fraction of sp³-hybridized carbons (Fsp3) is 0.583. The van der Waals surface area contributed by atoms with Gasteiger partial charge in [0.05, 0.1) is 7.11 Å². The maximum atomic E-state index is 5.56. The van der Waals surface area contributed by atoms with Crippen molar-refractivity contribution < 1.29 is 4.74 Å². The van der Waals surface area contributed by atoms with E-state index in [0.717, 1.165) is 31.7 Å². The summed E-state index contributed by atoms with van der Waals surface area (Å²) in [5.74, 6) is 2.10. The van der Waals surface area contributed by atoms with Crippen molar-refractivity contribution in [2.24, 2.45) is 11.7 Å². The van der Waals surface area contributed by atoms with Crippen LogP contribution in [-0.4, -0.2) is 25.2 Å². The highest BCUT2D eigenvalue weighted by Gasteiger charge is 2.05. The van der Waals surface area contributed by atoms with E-state index in [2.05, 4.69) is 17.2 Å². The molecular weight excluding hydrogens is 202 g/mol. The topological polar surface area (TPSA) is 60.2 Å². The molecule has 90 valence electrons. The van der Waals surface area contributed by atoms with Gasteiger partial charge in [0.2, 0.25) is 5.88 Å². The van der Waals surface area contributed by atoms with Crippen LogP contribution in [0.25, 0.3) is 0 Å². The Balaban J connectivity index is 2.46. The maximum absolute atomic E-state index is 5.56. The Morgan fingerprint density at radius 2 is 2.31 bits per heavy atom. The van der Waals surface area contributed by atoms with Gasteiger partial charge in [-0.1, -0.05) is 19.4 Å². The fourth-order valence-electron chi connectivity index (χ4n) is 1.56. The molecule has 0 radical (unpaired) electrons. The molecule has 0 bridgehead atoms. The molecule has 1 aromatic rings. The minimum atomic E-state index is 0.609. The number of methoxy groups -OCH3 is 1. The predicted molar refractivity (Wildman–Crippen MR) is 66.7 cm³/mol. The molecule has 0 fully saturated rings. The van der Waals surface area contributed by atoms with Gasteiger partial charge in [-0.05, 0) is 24.9 Å². The predicted octanol–water partition coefficient (Wildman–Crippen LogP) is 1.88. The van der Waals surface area contributed by atoms with Crippen LogP contribution in [-0.2, 0) is 0 Å². The number of nitrogens with zero attached hydrogens (tertiary/aromatic N) is 1. The van der Waals surface area contributed by atoms with E-state index in [9.17, 15) is 0 Å². The summed E-state index contributed by atoms with van der Waals surface area (Å²) in [5, 5.41) is 3.31. The smallest absolute Gasteiger partial charge is 0.214 e. The Bertz CT molecular complexity index is 304. The molecule has 0 aliphatic carbocycles. The SMILES string of the molecule is CCC(CCN)CNc1cccc(OC)n1. The number of pyridine rings is 1. The van der Waals surface area contributed by atoms with Crippen molar-refractivity contribution in [3.8, 4) is 5.88 Å². The Kier molecular flexibility index (Phi) is 5.64. The van der Waals surface area contributed by atoms with Crippen molar-refractivity contribution >= 4 is 5.82 Å². The molecule has 1 unspecified atom stereocenters. The highest BCUT2D eigenvalue weighted by atomic mass is 16.5. The summed E-state index contributed by atoms with van der Waals surface area (Å²) < 4.78 is 5.06. The Hall–Kier alpha value is -1.29. The van der Waals surface area contributed by atoms with Gasteiger partial charge < -0.3 is 15.8 Å². The van der Waals surface area contributed by atoms with Gasteiger partial charge in [-0.2, -0.15) is 4.98 Å². The van der Waals surface area contributed by atoms with Crippen molar-refractivity contribution in [1.82, 2.24) is 4.98 Å². The fourth-order valence-corrected chi connectivity index (χ4v) is 1.56. The summed E-state index contributed by atoms with van der Waals surface area (Å²) in [6.07, 6.45) is 2.18. The summed E-state index contributed by atoms with van der Waals surface area (Å²) >= 11 is 0. The third kappa shape index (κ3) is 4.06. The number of rotatable bonds is 7. The van der Waals surface area contributed by atoms with Gasteiger partial charge in [0.15, 0.2) is 0 Å². The second kappa shape index (κ2) is 7.06. The minimum Gasteiger partial charge on any atom is -0.481 e. The van der Waals surface area contributed by atoms with E-state index < -0.39 is 0 Å². The average molecular weight is 223 g/mol. The van der Waals surface area contributed by atoms with Crippen LogP contribution in [0.4, 0.5) is 5.82 Å². The molecule has 0 saturated carbocycles. The van der Waals surface area contributed by atoms with Gasteiger partial charge in [-0.3, -0.25) is 0 Å². The molecule has 0 spiro atoms. The highest BCUT2D eigenvalue weighted by molar-refractivity contribution is 5.36. The van der Waals surface area contributed by atoms with Crippen LogP contribution in [0.1, 0.15) is 19.8 Å². The number of nitrogens with one attached hydrogen (secondary N) is 1. The third-order valence-electron chi connectivity index (χ3n) is 2.66. The molecule has 4 heteroatoms. The summed E-state index contributed by atoms with van der Waals surface area (Å²) in [7, 11) is 1.62. The van der Waals surface area contributed by atoms with Crippen molar-refractivity contribution in [1.29, 1.82) is 0 Å². The van der Waals surface area contributed by atoms with Crippen LogP contribution >= 0.6 is 0 Å². The van der Waals surface area contributed by atoms with E-state index in [0.29, 0.717) is 11.8 Å². The first kappa shape index (κ1) is 12.8. The molecule has 1 aromatic heterocycles. The van der Waals surface area contributed by atoms with Gasteiger partial charge >= 0.3 is 0 Å². The maximum Gasteiger partial charge on any atom is 0.214 e. The van der Waals surface area contributed by atoms with Crippen LogP contribution in [0.15, 0.2) is 18.2 Å². The van der Waals surface area contributed by atoms with E-state index in [-0.39, 0.29) is 0 Å². The highest BCUT2D eigenvalue weighted by Crippen LogP contribution is 2.13. The molecule has 0 aliphatic heterocycles. The third-order valence-corrected chi connectivity index (χ3v) is 2.66. The van der Waals surface area contributed by atoms with E-state index in [1.165, 1.54) is 0 Å². The average Bonchev–Trinajstić information content (AvgIpc) is 2.34. The van der Waals surface area contributed by atoms with Crippen LogP contribution < -0.4 is 15.8 Å². The molecule has 3 N–H and O–H groups in total. The zero-order valence-electron chi connectivity index (χ0n) is 10.1. The molecule has 1 rings (SSSR count). The van der Waals surface area contributed by atoms with Crippen molar-refractivity contribution in [3.05, 3.63) is 18.2 Å². The largest absolute Gasteiger partial charge is 0.481 e. The molecule has 0 aromatic carbocycles. The standard InChI is InChI=1S/C12H21N3O/c1-3-10(7-8-13)9-14-11-5-4-6-12(15-11)16-2/h4-6,10H,3,7-9,13H2,1-2H3,(H,14,15). The summed E-state index contributed by atoms with van der Waals surface area (Å²) in [4.78, 5) is 4.29. The normalized spacial score (nSPS) is 12.2. The number of hydrogen-bond donors (Lipinski definition) is 2. The second-order valence-corrected chi connectivity index (χ2v) is 3.80. The first-order valence-electron chi connectivity index (χ1n) is 5.75. The Morgan fingerprint density at radius 3 is 2.94 bits per heavy atom. The van der Waals surface area contributed by atoms with Gasteiger partial charge in [-0.25, -0.2) is 0 Å². The van der Waals surface area contributed by atoms with Crippen LogP contribution in [0, 0.1) is 5.92 Å². The summed E-state index contributed by atoms with van der Waals surface area (Å²) in [6.45, 7) is 3.83. The number of ether oxygens (including phenoxy) is 1. The quantitative estimate of drug-likeness (QED) is 0.741. The number of aromatic nitrogens is 1. The monoisotopic (exact) mass is 223 g/mol. The van der Waals surface area contributed by atoms with E-state index in [1.807, 2.05) is 18.2 Å². The summed E-state index contributed by atoms with van der Waals surface area (Å²) in [6, 6.07) is 5.71.